The van der Waals surface area contributed by atoms with Gasteiger partial charge in [0, 0.05) is 43.7 Å². The highest BCUT2D eigenvalue weighted by atomic mass is 32.1. The van der Waals surface area contributed by atoms with Gasteiger partial charge in [0.25, 0.3) is 0 Å². The van der Waals surface area contributed by atoms with Crippen LogP contribution in [0.5, 0.6) is 0 Å². The van der Waals surface area contributed by atoms with E-state index < -0.39 is 0 Å². The minimum absolute atomic E-state index is 0.654. The van der Waals surface area contributed by atoms with Crippen LogP contribution in [0.3, 0.4) is 0 Å². The summed E-state index contributed by atoms with van der Waals surface area (Å²) in [6, 6.07) is 48.6. The van der Waals surface area contributed by atoms with Crippen molar-refractivity contribution in [1.29, 1.82) is 0 Å². The van der Waals surface area contributed by atoms with Gasteiger partial charge in [-0.1, -0.05) is 121 Å². The van der Waals surface area contributed by atoms with E-state index in [2.05, 4.69) is 77.8 Å². The van der Waals surface area contributed by atoms with Crippen LogP contribution in [-0.2, 0) is 0 Å². The fourth-order valence-corrected chi connectivity index (χ4v) is 7.43. The predicted octanol–water partition coefficient (Wildman–Crippen LogP) is 10.6. The van der Waals surface area contributed by atoms with Crippen molar-refractivity contribution in [3.8, 4) is 45.3 Å². The van der Waals surface area contributed by atoms with Crippen molar-refractivity contribution in [3.63, 3.8) is 0 Å². The monoisotopic (exact) mass is 592 g/mol. The van der Waals surface area contributed by atoms with Crippen LogP contribution in [0.25, 0.3) is 87.1 Å². The summed E-state index contributed by atoms with van der Waals surface area (Å²) < 4.78 is 1.28. The van der Waals surface area contributed by atoms with E-state index in [-0.39, 0.29) is 0 Å². The molecule has 0 N–H and O–H groups in total. The molecular formula is C40H24N4S. The van der Waals surface area contributed by atoms with Crippen LogP contribution in [0.4, 0.5) is 0 Å². The highest BCUT2D eigenvalue weighted by Gasteiger charge is 2.15. The van der Waals surface area contributed by atoms with Crippen molar-refractivity contribution in [3.05, 3.63) is 146 Å². The molecule has 0 aliphatic heterocycles. The number of thiophene rings is 1. The van der Waals surface area contributed by atoms with E-state index in [4.69, 9.17) is 15.0 Å². The Morgan fingerprint density at radius 2 is 0.978 bits per heavy atom. The van der Waals surface area contributed by atoms with Gasteiger partial charge in [0.05, 0.1) is 0 Å². The average Bonchev–Trinajstić information content (AvgIpc) is 3.51. The molecule has 0 bridgehead atoms. The van der Waals surface area contributed by atoms with Crippen molar-refractivity contribution in [2.45, 2.75) is 0 Å². The first-order chi connectivity index (χ1) is 22.3. The third-order valence-electron chi connectivity index (χ3n) is 8.40. The van der Waals surface area contributed by atoms with Gasteiger partial charge in [0.2, 0.25) is 0 Å². The zero-order valence-corrected chi connectivity index (χ0v) is 24.9. The highest BCUT2D eigenvalue weighted by Crippen LogP contribution is 2.41. The Bertz CT molecular complexity index is 2480. The summed E-state index contributed by atoms with van der Waals surface area (Å²) in [5, 5.41) is 7.30. The first-order valence-corrected chi connectivity index (χ1v) is 15.7. The van der Waals surface area contributed by atoms with Gasteiger partial charge >= 0.3 is 0 Å². The van der Waals surface area contributed by atoms with Crippen LogP contribution >= 0.6 is 11.3 Å². The quantitative estimate of drug-likeness (QED) is 0.204. The number of fused-ring (bicyclic) bond motifs is 6. The van der Waals surface area contributed by atoms with Crippen molar-refractivity contribution in [2.75, 3.05) is 0 Å². The lowest BCUT2D eigenvalue weighted by Crippen LogP contribution is -2.00. The summed E-state index contributed by atoms with van der Waals surface area (Å²) in [5.41, 5.74) is 5.29. The summed E-state index contributed by atoms with van der Waals surface area (Å²) in [5.74, 6) is 1.97. The number of benzene rings is 6. The van der Waals surface area contributed by atoms with Gasteiger partial charge in [0.1, 0.15) is 4.83 Å². The van der Waals surface area contributed by atoms with Gasteiger partial charge in [-0.05, 0) is 45.5 Å². The molecule has 4 nitrogen and oxygen atoms in total. The zero-order chi connectivity index (χ0) is 29.7. The first kappa shape index (κ1) is 25.7. The van der Waals surface area contributed by atoms with E-state index in [0.29, 0.717) is 17.5 Å². The molecule has 0 saturated heterocycles. The first-order valence-electron chi connectivity index (χ1n) is 14.9. The Morgan fingerprint density at radius 1 is 0.400 bits per heavy atom. The van der Waals surface area contributed by atoms with E-state index in [1.165, 1.54) is 42.8 Å². The van der Waals surface area contributed by atoms with E-state index in [1.54, 1.807) is 11.3 Å². The summed E-state index contributed by atoms with van der Waals surface area (Å²) in [4.78, 5) is 20.5. The average molecular weight is 593 g/mol. The molecule has 0 atom stereocenters. The molecule has 3 heterocycles. The van der Waals surface area contributed by atoms with Crippen LogP contribution in [0.15, 0.2) is 146 Å². The molecule has 0 radical (unpaired) electrons. The second-order valence-electron chi connectivity index (χ2n) is 11.1. The predicted molar refractivity (Wildman–Crippen MR) is 187 cm³/mol. The van der Waals surface area contributed by atoms with Crippen LogP contribution in [0.1, 0.15) is 0 Å². The van der Waals surface area contributed by atoms with E-state index in [1.807, 2.05) is 72.9 Å². The Balaban J connectivity index is 1.20. The fourth-order valence-electron chi connectivity index (χ4n) is 6.26. The molecule has 0 spiro atoms. The lowest BCUT2D eigenvalue weighted by molar-refractivity contribution is 1.07. The van der Waals surface area contributed by atoms with E-state index in [0.717, 1.165) is 26.9 Å². The molecule has 6 aromatic carbocycles. The summed E-state index contributed by atoms with van der Waals surface area (Å²) in [7, 11) is 0. The molecule has 5 heteroatoms. The molecule has 9 rings (SSSR count). The Kier molecular flexibility index (Phi) is 5.96. The van der Waals surface area contributed by atoms with Crippen LogP contribution in [0, 0.1) is 0 Å². The molecule has 9 aromatic rings. The molecule has 3 aromatic heterocycles. The van der Waals surface area contributed by atoms with E-state index >= 15 is 0 Å². The number of pyridine rings is 1. The Labute approximate surface area is 263 Å². The minimum atomic E-state index is 0.654. The minimum Gasteiger partial charge on any atom is -0.245 e. The van der Waals surface area contributed by atoms with E-state index in [9.17, 15) is 0 Å². The zero-order valence-electron chi connectivity index (χ0n) is 24.1. The molecule has 0 aliphatic rings. The molecule has 0 unspecified atom stereocenters. The summed E-state index contributed by atoms with van der Waals surface area (Å²) >= 11 is 1.77. The largest absolute Gasteiger partial charge is 0.245 e. The van der Waals surface area contributed by atoms with Crippen LogP contribution < -0.4 is 0 Å². The van der Waals surface area contributed by atoms with Crippen molar-refractivity contribution in [1.82, 2.24) is 19.9 Å². The van der Waals surface area contributed by atoms with Crippen molar-refractivity contribution >= 4 is 53.2 Å². The van der Waals surface area contributed by atoms with Gasteiger partial charge in [-0.3, -0.25) is 0 Å². The van der Waals surface area contributed by atoms with Gasteiger partial charge in [-0.2, -0.15) is 0 Å². The molecule has 0 fully saturated rings. The summed E-state index contributed by atoms with van der Waals surface area (Å²) in [6.07, 6.45) is 1.87. The molecule has 0 amide bonds. The normalized spacial score (nSPS) is 11.6. The molecule has 210 valence electrons. The van der Waals surface area contributed by atoms with Crippen LogP contribution in [0.2, 0.25) is 0 Å². The highest BCUT2D eigenvalue weighted by molar-refractivity contribution is 7.26. The maximum atomic E-state index is 4.95. The third-order valence-corrected chi connectivity index (χ3v) is 9.56. The molecule has 0 saturated carbocycles. The van der Waals surface area contributed by atoms with Gasteiger partial charge < -0.3 is 0 Å². The number of rotatable bonds is 4. The maximum absolute atomic E-state index is 4.95. The molecular weight excluding hydrogens is 569 g/mol. The number of aromatic nitrogens is 4. The Hall–Kier alpha value is -5.78. The lowest BCUT2D eigenvalue weighted by atomic mass is 9.92. The lowest BCUT2D eigenvalue weighted by Gasteiger charge is -2.12. The molecule has 45 heavy (non-hydrogen) atoms. The smallest absolute Gasteiger partial charge is 0.164 e. The SMILES string of the molecule is c1ccc(-c2nc(-c3ccccc3)nc(-c3ccc4c(-c5cccc6c5ccc5c7cccnc7sc65)cccc4c3)n2)cc1. The third kappa shape index (κ3) is 4.36. The van der Waals surface area contributed by atoms with Gasteiger partial charge in [-0.15, -0.1) is 11.3 Å². The fraction of sp³-hybridized carbons (Fsp3) is 0. The number of hydrogen-bond donors (Lipinski definition) is 0. The standard InChI is InChI=1S/C40H24N4S/c1-3-10-25(11-4-1)37-42-38(26-12-5-2-6-13-26)44-39(43-37)28-19-20-29-27(24-28)14-7-15-30(29)31-16-8-17-33-32(31)21-22-34-35-18-9-23-41-40(35)45-36(33)34/h1-24H. The maximum Gasteiger partial charge on any atom is 0.164 e. The Morgan fingerprint density at radius 3 is 1.71 bits per heavy atom. The number of hydrogen-bond acceptors (Lipinski definition) is 5. The van der Waals surface area contributed by atoms with Crippen LogP contribution in [-0.4, -0.2) is 19.9 Å². The topological polar surface area (TPSA) is 51.6 Å². The molecule has 0 aliphatic carbocycles. The number of nitrogens with zero attached hydrogens (tertiary/aromatic N) is 4. The van der Waals surface area contributed by atoms with Crippen molar-refractivity contribution < 1.29 is 0 Å². The second-order valence-corrected chi connectivity index (χ2v) is 12.1. The van der Waals surface area contributed by atoms with Gasteiger partial charge in [-0.25, -0.2) is 19.9 Å². The summed E-state index contributed by atoms with van der Waals surface area (Å²) in [6.45, 7) is 0. The van der Waals surface area contributed by atoms with Gasteiger partial charge in [0.15, 0.2) is 17.5 Å². The van der Waals surface area contributed by atoms with Crippen molar-refractivity contribution in [2.24, 2.45) is 0 Å². The second kappa shape index (κ2) is 10.4.